The van der Waals surface area contributed by atoms with Gasteiger partial charge < -0.3 is 20.6 Å². The number of carbonyl (C=O) groups is 1. The van der Waals surface area contributed by atoms with E-state index in [0.29, 0.717) is 6.42 Å². The average Bonchev–Trinajstić information content (AvgIpc) is 3.04. The molecule has 0 aromatic rings. The van der Waals surface area contributed by atoms with E-state index in [1.165, 1.54) is 148 Å². The second-order valence-corrected chi connectivity index (χ2v) is 13.5. The van der Waals surface area contributed by atoms with Crippen LogP contribution in [0.3, 0.4) is 0 Å². The van der Waals surface area contributed by atoms with Gasteiger partial charge in [0.05, 0.1) is 18.8 Å². The Morgan fingerprint density at radius 1 is 0.533 bits per heavy atom. The van der Waals surface area contributed by atoms with E-state index in [9.17, 15) is 20.1 Å². The molecule has 5 nitrogen and oxygen atoms in total. The SMILES string of the molecule is CCCCCCCCCCC/C=C/C(O)C(CO)NC(=O)C(O)CCCCCCCC/C=C\CCCCCCCCCCCC. The first-order valence-electron chi connectivity index (χ1n) is 19.7. The van der Waals surface area contributed by atoms with Gasteiger partial charge in [-0.3, -0.25) is 4.79 Å². The molecule has 0 bridgehead atoms. The van der Waals surface area contributed by atoms with Crippen molar-refractivity contribution in [3.63, 3.8) is 0 Å². The molecule has 0 rings (SSSR count). The van der Waals surface area contributed by atoms with Crippen LogP contribution in [0, 0.1) is 0 Å². The molecule has 0 saturated heterocycles. The smallest absolute Gasteiger partial charge is 0.249 e. The molecule has 45 heavy (non-hydrogen) atoms. The molecule has 3 atom stereocenters. The van der Waals surface area contributed by atoms with E-state index in [1.807, 2.05) is 6.08 Å². The Morgan fingerprint density at radius 2 is 0.889 bits per heavy atom. The van der Waals surface area contributed by atoms with Crippen LogP contribution in [0.5, 0.6) is 0 Å². The van der Waals surface area contributed by atoms with Gasteiger partial charge in [-0.05, 0) is 44.9 Å². The van der Waals surface area contributed by atoms with Crippen molar-refractivity contribution < 1.29 is 20.1 Å². The van der Waals surface area contributed by atoms with Crippen molar-refractivity contribution in [1.82, 2.24) is 5.32 Å². The molecule has 0 aromatic heterocycles. The molecule has 1 amide bonds. The number of aliphatic hydroxyl groups is 3. The lowest BCUT2D eigenvalue weighted by molar-refractivity contribution is -0.131. The second kappa shape index (κ2) is 35.7. The quantitative estimate of drug-likeness (QED) is 0.0412. The van der Waals surface area contributed by atoms with Gasteiger partial charge in [0.2, 0.25) is 5.91 Å². The maximum absolute atomic E-state index is 12.4. The normalized spacial score (nSPS) is 14.0. The average molecular weight is 636 g/mol. The summed E-state index contributed by atoms with van der Waals surface area (Å²) in [4.78, 5) is 12.4. The standard InChI is InChI=1S/C40H77NO4/c1-3-5-7-9-11-13-15-16-17-18-19-20-21-22-23-25-27-29-31-33-35-39(44)40(45)41-37(36-42)38(43)34-32-30-28-26-24-14-12-10-8-6-4-2/h20-21,32,34,37-39,42-44H,3-19,22-31,33,35-36H2,1-2H3,(H,41,45)/b21-20-,34-32+. The zero-order valence-electron chi connectivity index (χ0n) is 30.0. The monoisotopic (exact) mass is 636 g/mol. The summed E-state index contributed by atoms with van der Waals surface area (Å²) in [5.74, 6) is -0.509. The number of carbonyl (C=O) groups excluding carboxylic acids is 1. The molecule has 0 fully saturated rings. The van der Waals surface area contributed by atoms with E-state index in [2.05, 4.69) is 31.3 Å². The van der Waals surface area contributed by atoms with Crippen LogP contribution in [-0.4, -0.2) is 46.1 Å². The Morgan fingerprint density at radius 3 is 1.29 bits per heavy atom. The zero-order valence-corrected chi connectivity index (χ0v) is 30.0. The number of amides is 1. The van der Waals surface area contributed by atoms with E-state index in [0.717, 1.165) is 32.1 Å². The molecule has 0 aliphatic heterocycles. The number of aliphatic hydroxyl groups excluding tert-OH is 3. The largest absolute Gasteiger partial charge is 0.394 e. The summed E-state index contributed by atoms with van der Waals surface area (Å²) < 4.78 is 0. The van der Waals surface area contributed by atoms with Gasteiger partial charge in [-0.2, -0.15) is 0 Å². The van der Waals surface area contributed by atoms with Gasteiger partial charge in [0.15, 0.2) is 0 Å². The van der Waals surface area contributed by atoms with Gasteiger partial charge in [0.25, 0.3) is 0 Å². The lowest BCUT2D eigenvalue weighted by Crippen LogP contribution is -2.48. The summed E-state index contributed by atoms with van der Waals surface area (Å²) in [5, 5.41) is 32.9. The van der Waals surface area contributed by atoms with Gasteiger partial charge in [-0.1, -0.05) is 179 Å². The highest BCUT2D eigenvalue weighted by molar-refractivity contribution is 5.80. The van der Waals surface area contributed by atoms with Gasteiger partial charge in [0.1, 0.15) is 6.10 Å². The fourth-order valence-electron chi connectivity index (χ4n) is 5.88. The number of hydrogen-bond donors (Lipinski definition) is 4. The van der Waals surface area contributed by atoms with E-state index < -0.39 is 24.2 Å². The van der Waals surface area contributed by atoms with E-state index in [-0.39, 0.29) is 6.61 Å². The van der Waals surface area contributed by atoms with Crippen LogP contribution in [-0.2, 0) is 4.79 Å². The lowest BCUT2D eigenvalue weighted by atomic mass is 10.0. The minimum absolute atomic E-state index is 0.365. The highest BCUT2D eigenvalue weighted by Crippen LogP contribution is 2.14. The summed E-state index contributed by atoms with van der Waals surface area (Å²) >= 11 is 0. The number of unbranched alkanes of at least 4 members (excludes halogenated alkanes) is 25. The predicted molar refractivity (Wildman–Crippen MR) is 195 cm³/mol. The second-order valence-electron chi connectivity index (χ2n) is 13.5. The Kier molecular flexibility index (Phi) is 34.8. The Hall–Kier alpha value is -1.17. The fraction of sp³-hybridized carbons (Fsp3) is 0.875. The van der Waals surface area contributed by atoms with Crippen LogP contribution in [0.15, 0.2) is 24.3 Å². The summed E-state index contributed by atoms with van der Waals surface area (Å²) in [6, 6.07) is -0.796. The number of rotatable bonds is 35. The molecular formula is C40H77NO4. The Balaban J connectivity index is 3.69. The molecule has 0 saturated carbocycles. The Bertz CT molecular complexity index is 665. The molecule has 0 aliphatic carbocycles. The topological polar surface area (TPSA) is 89.8 Å². The summed E-state index contributed by atoms with van der Waals surface area (Å²) in [6.07, 6.45) is 42.0. The third kappa shape index (κ3) is 31.2. The molecule has 3 unspecified atom stereocenters. The zero-order chi connectivity index (χ0) is 33.1. The molecule has 0 radical (unpaired) electrons. The van der Waals surface area contributed by atoms with Crippen LogP contribution in [0.25, 0.3) is 0 Å². The summed E-state index contributed by atoms with van der Waals surface area (Å²) in [5.41, 5.74) is 0. The molecule has 0 heterocycles. The third-order valence-electron chi connectivity index (χ3n) is 9.04. The maximum Gasteiger partial charge on any atom is 0.249 e. The van der Waals surface area contributed by atoms with Crippen LogP contribution in [0.4, 0.5) is 0 Å². The van der Waals surface area contributed by atoms with Gasteiger partial charge in [0, 0.05) is 0 Å². The molecule has 0 spiro atoms. The molecule has 5 heteroatoms. The van der Waals surface area contributed by atoms with Crippen molar-refractivity contribution >= 4 is 5.91 Å². The van der Waals surface area contributed by atoms with E-state index in [4.69, 9.17) is 0 Å². The van der Waals surface area contributed by atoms with E-state index in [1.54, 1.807) is 6.08 Å². The predicted octanol–water partition coefficient (Wildman–Crippen LogP) is 10.7. The molecule has 0 aliphatic rings. The van der Waals surface area contributed by atoms with Crippen molar-refractivity contribution in [1.29, 1.82) is 0 Å². The number of nitrogens with one attached hydrogen (secondary N) is 1. The minimum Gasteiger partial charge on any atom is -0.394 e. The first-order chi connectivity index (χ1) is 22.1. The van der Waals surface area contributed by atoms with Crippen molar-refractivity contribution in [2.24, 2.45) is 0 Å². The van der Waals surface area contributed by atoms with Crippen molar-refractivity contribution in [3.8, 4) is 0 Å². The molecular weight excluding hydrogens is 558 g/mol. The van der Waals surface area contributed by atoms with Gasteiger partial charge >= 0.3 is 0 Å². The van der Waals surface area contributed by atoms with E-state index >= 15 is 0 Å². The Labute approximate surface area is 280 Å². The highest BCUT2D eigenvalue weighted by atomic mass is 16.3. The molecule has 266 valence electrons. The van der Waals surface area contributed by atoms with Crippen molar-refractivity contribution in [2.45, 2.75) is 218 Å². The highest BCUT2D eigenvalue weighted by Gasteiger charge is 2.22. The van der Waals surface area contributed by atoms with Crippen molar-refractivity contribution in [3.05, 3.63) is 24.3 Å². The van der Waals surface area contributed by atoms with Gasteiger partial charge in [-0.25, -0.2) is 0 Å². The summed E-state index contributed by atoms with van der Waals surface area (Å²) in [6.45, 7) is 4.16. The van der Waals surface area contributed by atoms with Crippen LogP contribution in [0.1, 0.15) is 200 Å². The molecule has 0 aromatic carbocycles. The maximum atomic E-state index is 12.4. The number of hydrogen-bond acceptors (Lipinski definition) is 4. The first kappa shape index (κ1) is 43.8. The lowest BCUT2D eigenvalue weighted by Gasteiger charge is -2.21. The first-order valence-corrected chi connectivity index (χ1v) is 19.7. The minimum atomic E-state index is -1.10. The fourth-order valence-corrected chi connectivity index (χ4v) is 5.88. The number of allylic oxidation sites excluding steroid dienone is 3. The van der Waals surface area contributed by atoms with Crippen LogP contribution in [0.2, 0.25) is 0 Å². The summed E-state index contributed by atoms with van der Waals surface area (Å²) in [7, 11) is 0. The van der Waals surface area contributed by atoms with Gasteiger partial charge in [-0.15, -0.1) is 0 Å². The van der Waals surface area contributed by atoms with Crippen molar-refractivity contribution in [2.75, 3.05) is 6.61 Å². The van der Waals surface area contributed by atoms with Crippen LogP contribution < -0.4 is 5.32 Å². The third-order valence-corrected chi connectivity index (χ3v) is 9.04. The van der Waals surface area contributed by atoms with Crippen LogP contribution >= 0.6 is 0 Å². The molecule has 4 N–H and O–H groups in total.